The molecule has 0 aliphatic heterocycles. The topological polar surface area (TPSA) is 54.4 Å². The lowest BCUT2D eigenvalue weighted by atomic mass is 10.1. The molecule has 5 heteroatoms. The lowest BCUT2D eigenvalue weighted by Gasteiger charge is -1.98. The Morgan fingerprint density at radius 2 is 2.18 bits per heavy atom. The van der Waals surface area contributed by atoms with Crippen LogP contribution in [0.1, 0.15) is 22.8 Å². The van der Waals surface area contributed by atoms with E-state index in [1.165, 1.54) is 13.0 Å². The van der Waals surface area contributed by atoms with Crippen molar-refractivity contribution in [3.05, 3.63) is 33.8 Å². The van der Waals surface area contributed by atoms with Crippen LogP contribution in [0.4, 0.5) is 0 Å². The third-order valence-electron chi connectivity index (χ3n) is 1.78. The molecule has 0 fully saturated rings. The van der Waals surface area contributed by atoms with Crippen LogP contribution in [0.5, 0.6) is 0 Å². The second kappa shape index (κ2) is 6.48. The molecule has 0 heterocycles. The molecule has 1 rings (SSSR count). The van der Waals surface area contributed by atoms with Crippen LogP contribution in [0, 0.1) is 11.8 Å². The molecular formula is C12H9BrO3S. The zero-order chi connectivity index (χ0) is 12.8. The van der Waals surface area contributed by atoms with Gasteiger partial charge in [0.2, 0.25) is 0 Å². The quantitative estimate of drug-likeness (QED) is 0.853. The van der Waals surface area contributed by atoms with Crippen LogP contribution in [-0.2, 0) is 4.79 Å². The highest BCUT2D eigenvalue weighted by atomic mass is 79.9. The number of rotatable bonds is 2. The Morgan fingerprint density at radius 1 is 1.47 bits per heavy atom. The zero-order valence-electron chi connectivity index (χ0n) is 8.99. The van der Waals surface area contributed by atoms with E-state index in [4.69, 9.17) is 5.11 Å². The van der Waals surface area contributed by atoms with Gasteiger partial charge in [0.05, 0.1) is 11.3 Å². The number of hydrogen-bond acceptors (Lipinski definition) is 3. The minimum absolute atomic E-state index is 0.0151. The summed E-state index contributed by atoms with van der Waals surface area (Å²) in [7, 11) is 0. The normalized spacial score (nSPS) is 9.29. The van der Waals surface area contributed by atoms with E-state index >= 15 is 0 Å². The van der Waals surface area contributed by atoms with Crippen molar-refractivity contribution in [2.45, 2.75) is 6.92 Å². The predicted molar refractivity (Wildman–Crippen MR) is 71.1 cm³/mol. The minimum Gasteiger partial charge on any atom is -0.478 e. The first-order valence-electron chi connectivity index (χ1n) is 4.66. The summed E-state index contributed by atoms with van der Waals surface area (Å²) in [5.41, 5.74) is 0.797. The molecule has 0 atom stereocenters. The first kappa shape index (κ1) is 13.8. The maximum absolute atomic E-state index is 10.9. The fourth-order valence-corrected chi connectivity index (χ4v) is 1.81. The average molecular weight is 313 g/mol. The third kappa shape index (κ3) is 4.63. The SMILES string of the molecule is CC(=O)SCC#Cc1ccc(Br)c(C(=O)O)c1. The standard InChI is InChI=1S/C12H9BrO3S/c1-8(14)17-6-2-3-9-4-5-11(13)10(7-9)12(15)16/h4-5,7H,6H2,1H3,(H,15,16). The lowest BCUT2D eigenvalue weighted by molar-refractivity contribution is -0.109. The van der Waals surface area contributed by atoms with E-state index in [9.17, 15) is 9.59 Å². The van der Waals surface area contributed by atoms with Gasteiger partial charge < -0.3 is 5.11 Å². The molecular weight excluding hydrogens is 304 g/mol. The van der Waals surface area contributed by atoms with Gasteiger partial charge >= 0.3 is 5.97 Å². The summed E-state index contributed by atoms with van der Waals surface area (Å²) < 4.78 is 0.522. The summed E-state index contributed by atoms with van der Waals surface area (Å²) in [4.78, 5) is 21.5. The van der Waals surface area contributed by atoms with Crippen molar-refractivity contribution in [1.82, 2.24) is 0 Å². The van der Waals surface area contributed by atoms with Crippen molar-refractivity contribution in [3.63, 3.8) is 0 Å². The molecule has 0 unspecified atom stereocenters. The third-order valence-corrected chi connectivity index (χ3v) is 3.16. The van der Waals surface area contributed by atoms with Gasteiger partial charge in [-0.2, -0.15) is 0 Å². The number of thioether (sulfide) groups is 1. The second-order valence-corrected chi connectivity index (χ2v) is 5.09. The van der Waals surface area contributed by atoms with Crippen LogP contribution in [0.25, 0.3) is 0 Å². The lowest BCUT2D eigenvalue weighted by Crippen LogP contribution is -1.97. The van der Waals surface area contributed by atoms with Crippen molar-refractivity contribution < 1.29 is 14.7 Å². The Kier molecular flexibility index (Phi) is 5.26. The summed E-state index contributed by atoms with van der Waals surface area (Å²) >= 11 is 4.28. The molecule has 88 valence electrons. The number of hydrogen-bond donors (Lipinski definition) is 1. The van der Waals surface area contributed by atoms with Crippen LogP contribution in [0.2, 0.25) is 0 Å². The van der Waals surface area contributed by atoms with E-state index in [-0.39, 0.29) is 10.7 Å². The van der Waals surface area contributed by atoms with Crippen molar-refractivity contribution in [3.8, 4) is 11.8 Å². The smallest absolute Gasteiger partial charge is 0.336 e. The molecule has 0 aliphatic carbocycles. The maximum Gasteiger partial charge on any atom is 0.336 e. The van der Waals surface area contributed by atoms with Gasteiger partial charge in [-0.1, -0.05) is 23.6 Å². The molecule has 0 bridgehead atoms. The largest absolute Gasteiger partial charge is 0.478 e. The van der Waals surface area contributed by atoms with Crippen molar-refractivity contribution >= 4 is 38.8 Å². The molecule has 3 nitrogen and oxygen atoms in total. The zero-order valence-corrected chi connectivity index (χ0v) is 11.4. The summed E-state index contributed by atoms with van der Waals surface area (Å²) in [5.74, 6) is 5.03. The van der Waals surface area contributed by atoms with Gasteiger partial charge in [-0.15, -0.1) is 0 Å². The molecule has 1 aromatic rings. The summed E-state index contributed by atoms with van der Waals surface area (Å²) in [6, 6.07) is 4.87. The van der Waals surface area contributed by atoms with E-state index in [2.05, 4.69) is 27.8 Å². The maximum atomic E-state index is 10.9. The number of carbonyl (C=O) groups excluding carboxylic acids is 1. The number of carboxylic acids is 1. The highest BCUT2D eigenvalue weighted by Gasteiger charge is 2.07. The van der Waals surface area contributed by atoms with E-state index < -0.39 is 5.97 Å². The molecule has 17 heavy (non-hydrogen) atoms. The van der Waals surface area contributed by atoms with Crippen molar-refractivity contribution in [2.75, 3.05) is 5.75 Å². The highest BCUT2D eigenvalue weighted by Crippen LogP contribution is 2.17. The van der Waals surface area contributed by atoms with Gasteiger partial charge in [-0.25, -0.2) is 4.79 Å². The van der Waals surface area contributed by atoms with Crippen molar-refractivity contribution in [1.29, 1.82) is 0 Å². The fourth-order valence-electron chi connectivity index (χ4n) is 1.04. The molecule has 0 radical (unpaired) electrons. The molecule has 0 saturated carbocycles. The summed E-state index contributed by atoms with van der Waals surface area (Å²) in [5, 5.41) is 8.92. The number of benzene rings is 1. The van der Waals surface area contributed by atoms with E-state index in [0.717, 1.165) is 11.8 Å². The molecule has 0 amide bonds. The van der Waals surface area contributed by atoms with Gasteiger partial charge in [0.15, 0.2) is 5.12 Å². The van der Waals surface area contributed by atoms with E-state index in [0.29, 0.717) is 15.8 Å². The first-order chi connectivity index (χ1) is 8.00. The van der Waals surface area contributed by atoms with E-state index in [1.807, 2.05) is 0 Å². The molecule has 0 aliphatic rings. The molecule has 0 saturated heterocycles. The highest BCUT2D eigenvalue weighted by molar-refractivity contribution is 9.10. The number of aromatic carboxylic acids is 1. The Hall–Kier alpha value is -1.25. The number of carbonyl (C=O) groups is 2. The van der Waals surface area contributed by atoms with Gasteiger partial charge in [0, 0.05) is 17.0 Å². The molecule has 1 N–H and O–H groups in total. The van der Waals surface area contributed by atoms with Crippen molar-refractivity contribution in [2.24, 2.45) is 0 Å². The summed E-state index contributed by atoms with van der Waals surface area (Å²) in [6.07, 6.45) is 0. The van der Waals surface area contributed by atoms with Gasteiger partial charge in [0.25, 0.3) is 0 Å². The van der Waals surface area contributed by atoms with Gasteiger partial charge in [-0.05, 0) is 34.1 Å². The predicted octanol–water partition coefficient (Wildman–Crippen LogP) is 2.78. The summed E-state index contributed by atoms with van der Waals surface area (Å²) in [6.45, 7) is 1.48. The van der Waals surface area contributed by atoms with Crippen LogP contribution in [0.15, 0.2) is 22.7 Å². The van der Waals surface area contributed by atoms with Crippen LogP contribution in [0.3, 0.4) is 0 Å². The van der Waals surface area contributed by atoms with Crippen LogP contribution >= 0.6 is 27.7 Å². The molecule has 0 spiro atoms. The Balaban J connectivity index is 2.82. The second-order valence-electron chi connectivity index (χ2n) is 3.08. The Morgan fingerprint density at radius 3 is 2.76 bits per heavy atom. The molecule has 0 aromatic heterocycles. The van der Waals surface area contributed by atoms with Gasteiger partial charge in [-0.3, -0.25) is 4.79 Å². The van der Waals surface area contributed by atoms with Crippen LogP contribution in [-0.4, -0.2) is 21.9 Å². The monoisotopic (exact) mass is 312 g/mol. The minimum atomic E-state index is -1.00. The molecule has 1 aromatic carbocycles. The van der Waals surface area contributed by atoms with Crippen LogP contribution < -0.4 is 0 Å². The average Bonchev–Trinajstić information content (AvgIpc) is 2.25. The first-order valence-corrected chi connectivity index (χ1v) is 6.43. The Labute approximate surface area is 112 Å². The number of halogens is 1. The van der Waals surface area contributed by atoms with E-state index in [1.54, 1.807) is 12.1 Å². The Bertz CT molecular complexity index is 514. The fraction of sp³-hybridized carbons (Fsp3) is 0.167. The number of carboxylic acid groups (broad SMARTS) is 1. The van der Waals surface area contributed by atoms with Gasteiger partial charge in [0.1, 0.15) is 0 Å².